The summed E-state index contributed by atoms with van der Waals surface area (Å²) < 4.78 is 0. The molecule has 6 heteroatoms. The molecule has 0 unspecified atom stereocenters. The van der Waals surface area contributed by atoms with Crippen LogP contribution in [0.15, 0.2) is 42.5 Å². The van der Waals surface area contributed by atoms with Crippen molar-refractivity contribution in [3.8, 4) is 0 Å². The molecule has 0 aromatic heterocycles. The van der Waals surface area contributed by atoms with Crippen LogP contribution in [0.25, 0.3) is 0 Å². The zero-order chi connectivity index (χ0) is 15.4. The Morgan fingerprint density at radius 2 is 1.86 bits per heavy atom. The smallest absolute Gasteiger partial charge is 0.228 e. The van der Waals surface area contributed by atoms with Crippen LogP contribution in [0.2, 0.25) is 10.0 Å². The summed E-state index contributed by atoms with van der Waals surface area (Å²) in [7, 11) is 0. The quantitative estimate of drug-likeness (QED) is 0.833. The van der Waals surface area contributed by atoms with Crippen LogP contribution in [-0.2, 0) is 11.2 Å². The fourth-order valence-corrected chi connectivity index (χ4v) is 2.28. The van der Waals surface area contributed by atoms with E-state index in [1.54, 1.807) is 30.3 Å². The molecule has 3 N–H and O–H groups in total. The number of halogens is 2. The van der Waals surface area contributed by atoms with Crippen LogP contribution in [0.5, 0.6) is 0 Å². The highest BCUT2D eigenvalue weighted by atomic mass is 35.5. The lowest BCUT2D eigenvalue weighted by Crippen LogP contribution is -2.16. The van der Waals surface area contributed by atoms with Crippen LogP contribution < -0.4 is 11.1 Å². The number of thiocarbonyl (C=S) groups is 1. The third-order valence-electron chi connectivity index (χ3n) is 2.83. The molecule has 0 heterocycles. The molecule has 3 nitrogen and oxygen atoms in total. The molecule has 0 saturated heterocycles. The number of anilines is 1. The second-order valence-electron chi connectivity index (χ2n) is 4.38. The van der Waals surface area contributed by atoms with Crippen LogP contribution in [0.1, 0.15) is 11.1 Å². The first-order valence-electron chi connectivity index (χ1n) is 6.10. The molecular formula is C15H12Cl2N2OS. The van der Waals surface area contributed by atoms with Gasteiger partial charge in [-0.15, -0.1) is 0 Å². The van der Waals surface area contributed by atoms with Gasteiger partial charge in [0.15, 0.2) is 0 Å². The van der Waals surface area contributed by atoms with Gasteiger partial charge in [0, 0.05) is 10.6 Å². The van der Waals surface area contributed by atoms with Gasteiger partial charge in [0.1, 0.15) is 4.99 Å². The maximum absolute atomic E-state index is 12.1. The number of carbonyl (C=O) groups excluding carboxylic acids is 1. The van der Waals surface area contributed by atoms with E-state index in [-0.39, 0.29) is 17.3 Å². The second kappa shape index (κ2) is 6.89. The molecule has 0 radical (unpaired) electrons. The number of amides is 1. The van der Waals surface area contributed by atoms with Crippen molar-refractivity contribution in [1.82, 2.24) is 0 Å². The first kappa shape index (κ1) is 15.8. The SMILES string of the molecule is NC(=S)c1ccc(Cl)c(NC(=O)Cc2ccccc2Cl)c1. The summed E-state index contributed by atoms with van der Waals surface area (Å²) in [5.74, 6) is -0.218. The fourth-order valence-electron chi connectivity index (χ4n) is 1.78. The molecule has 0 aliphatic rings. The van der Waals surface area contributed by atoms with Crippen LogP contribution in [0.3, 0.4) is 0 Å². The molecule has 0 aliphatic heterocycles. The number of benzene rings is 2. The van der Waals surface area contributed by atoms with E-state index in [4.69, 9.17) is 41.2 Å². The molecule has 2 aromatic rings. The number of hydrogen-bond acceptors (Lipinski definition) is 2. The number of nitrogens with one attached hydrogen (secondary N) is 1. The van der Waals surface area contributed by atoms with Gasteiger partial charge in [-0.3, -0.25) is 4.79 Å². The van der Waals surface area contributed by atoms with Crippen LogP contribution >= 0.6 is 35.4 Å². The van der Waals surface area contributed by atoms with Crippen LogP contribution in [-0.4, -0.2) is 10.9 Å². The van der Waals surface area contributed by atoms with Gasteiger partial charge in [-0.2, -0.15) is 0 Å². The Kier molecular flexibility index (Phi) is 5.17. The third-order valence-corrected chi connectivity index (χ3v) is 3.77. The monoisotopic (exact) mass is 338 g/mol. The fraction of sp³-hybridized carbons (Fsp3) is 0.0667. The number of rotatable bonds is 4. The Morgan fingerprint density at radius 1 is 1.14 bits per heavy atom. The number of carbonyl (C=O) groups is 1. The normalized spacial score (nSPS) is 10.2. The van der Waals surface area contributed by atoms with Crippen molar-refractivity contribution in [3.63, 3.8) is 0 Å². The molecule has 0 saturated carbocycles. The molecule has 1 amide bonds. The van der Waals surface area contributed by atoms with Gasteiger partial charge in [-0.05, 0) is 23.8 Å². The first-order chi connectivity index (χ1) is 9.97. The minimum absolute atomic E-state index is 0.160. The predicted molar refractivity (Wildman–Crippen MR) is 91.1 cm³/mol. The van der Waals surface area contributed by atoms with Crippen molar-refractivity contribution in [2.24, 2.45) is 5.73 Å². The maximum Gasteiger partial charge on any atom is 0.228 e. The average molecular weight is 339 g/mol. The van der Waals surface area contributed by atoms with E-state index in [1.807, 2.05) is 12.1 Å². The zero-order valence-corrected chi connectivity index (χ0v) is 13.2. The highest BCUT2D eigenvalue weighted by Crippen LogP contribution is 2.24. The Balaban J connectivity index is 2.15. The molecule has 0 fully saturated rings. The van der Waals surface area contributed by atoms with Crippen molar-refractivity contribution in [2.45, 2.75) is 6.42 Å². The maximum atomic E-state index is 12.1. The molecule has 0 atom stereocenters. The third kappa shape index (κ3) is 4.17. The lowest BCUT2D eigenvalue weighted by atomic mass is 10.1. The molecule has 2 aromatic carbocycles. The van der Waals surface area contributed by atoms with Gasteiger partial charge in [0.05, 0.1) is 17.1 Å². The molecule has 0 bridgehead atoms. The lowest BCUT2D eigenvalue weighted by Gasteiger charge is -2.10. The van der Waals surface area contributed by atoms with Crippen molar-refractivity contribution < 1.29 is 4.79 Å². The lowest BCUT2D eigenvalue weighted by molar-refractivity contribution is -0.115. The van der Waals surface area contributed by atoms with E-state index in [0.717, 1.165) is 5.56 Å². The van der Waals surface area contributed by atoms with E-state index in [1.165, 1.54) is 0 Å². The highest BCUT2D eigenvalue weighted by Gasteiger charge is 2.10. The van der Waals surface area contributed by atoms with Gasteiger partial charge in [-0.25, -0.2) is 0 Å². The van der Waals surface area contributed by atoms with E-state index in [9.17, 15) is 4.79 Å². The van der Waals surface area contributed by atoms with Gasteiger partial charge in [0.25, 0.3) is 0 Å². The average Bonchev–Trinajstić information content (AvgIpc) is 2.43. The van der Waals surface area contributed by atoms with E-state index >= 15 is 0 Å². The Hall–Kier alpha value is -1.62. The van der Waals surface area contributed by atoms with Gasteiger partial charge in [-0.1, -0.05) is 59.7 Å². The molecule has 108 valence electrons. The molecule has 2 rings (SSSR count). The Labute approximate surface area is 138 Å². The molecular weight excluding hydrogens is 327 g/mol. The standard InChI is InChI=1S/C15H12Cl2N2OS/c16-11-4-2-1-3-9(11)8-14(20)19-13-7-10(15(18)21)5-6-12(13)17/h1-7H,8H2,(H2,18,21)(H,19,20). The van der Waals surface area contributed by atoms with Crippen molar-refractivity contribution in [2.75, 3.05) is 5.32 Å². The van der Waals surface area contributed by atoms with Crippen LogP contribution in [0.4, 0.5) is 5.69 Å². The van der Waals surface area contributed by atoms with Gasteiger partial charge >= 0.3 is 0 Å². The van der Waals surface area contributed by atoms with Crippen molar-refractivity contribution in [3.05, 3.63) is 63.6 Å². The highest BCUT2D eigenvalue weighted by molar-refractivity contribution is 7.80. The molecule has 21 heavy (non-hydrogen) atoms. The first-order valence-corrected chi connectivity index (χ1v) is 7.26. The summed E-state index contributed by atoms with van der Waals surface area (Å²) in [4.78, 5) is 12.3. The van der Waals surface area contributed by atoms with E-state index in [0.29, 0.717) is 21.3 Å². The van der Waals surface area contributed by atoms with E-state index in [2.05, 4.69) is 5.32 Å². The zero-order valence-electron chi connectivity index (χ0n) is 10.9. The summed E-state index contributed by atoms with van der Waals surface area (Å²) in [5, 5.41) is 3.71. The topological polar surface area (TPSA) is 55.1 Å². The summed E-state index contributed by atoms with van der Waals surface area (Å²) in [5.41, 5.74) is 7.43. The Morgan fingerprint density at radius 3 is 2.52 bits per heavy atom. The summed E-state index contributed by atoms with van der Waals surface area (Å²) in [6, 6.07) is 12.2. The van der Waals surface area contributed by atoms with Crippen molar-refractivity contribution >= 4 is 52.0 Å². The summed E-state index contributed by atoms with van der Waals surface area (Å²) in [6.45, 7) is 0. The van der Waals surface area contributed by atoms with Gasteiger partial charge in [0.2, 0.25) is 5.91 Å². The largest absolute Gasteiger partial charge is 0.389 e. The van der Waals surface area contributed by atoms with Crippen LogP contribution in [0, 0.1) is 0 Å². The van der Waals surface area contributed by atoms with E-state index < -0.39 is 0 Å². The predicted octanol–water partition coefficient (Wildman–Crippen LogP) is 3.81. The molecule has 0 spiro atoms. The number of nitrogens with two attached hydrogens (primary N) is 1. The Bertz CT molecular complexity index is 704. The number of hydrogen-bond donors (Lipinski definition) is 2. The van der Waals surface area contributed by atoms with Crippen molar-refractivity contribution in [1.29, 1.82) is 0 Å². The van der Waals surface area contributed by atoms with Gasteiger partial charge < -0.3 is 11.1 Å². The minimum Gasteiger partial charge on any atom is -0.389 e. The minimum atomic E-state index is -0.218. The molecule has 0 aliphatic carbocycles. The second-order valence-corrected chi connectivity index (χ2v) is 5.63. The summed E-state index contributed by atoms with van der Waals surface area (Å²) in [6.07, 6.45) is 0.160. The summed E-state index contributed by atoms with van der Waals surface area (Å²) >= 11 is 17.0.